The van der Waals surface area contributed by atoms with Crippen molar-refractivity contribution >= 4 is 52.4 Å². The van der Waals surface area contributed by atoms with E-state index in [-0.39, 0.29) is 50.4 Å². The summed E-state index contributed by atoms with van der Waals surface area (Å²) < 4.78 is 5.57. The van der Waals surface area contributed by atoms with Gasteiger partial charge in [0.2, 0.25) is 0 Å². The number of aromatic hydroxyl groups is 1. The van der Waals surface area contributed by atoms with Crippen molar-refractivity contribution < 1.29 is 24.5 Å². The molecule has 0 aromatic heterocycles. The normalized spacial score (nSPS) is 24.4. The summed E-state index contributed by atoms with van der Waals surface area (Å²) in [5.74, 6) is -1.60. The van der Waals surface area contributed by atoms with E-state index >= 15 is 0 Å². The second kappa shape index (κ2) is 9.06. The first-order valence-electron chi connectivity index (χ1n) is 11.5. The van der Waals surface area contributed by atoms with Gasteiger partial charge in [-0.2, -0.15) is 0 Å². The van der Waals surface area contributed by atoms with Crippen molar-refractivity contribution in [3.8, 4) is 11.5 Å². The lowest BCUT2D eigenvalue weighted by molar-refractivity contribution is -0.132. The third-order valence-corrected chi connectivity index (χ3v) is 9.25. The fraction of sp³-hybridized carbons (Fsp3) is 0.462. The van der Waals surface area contributed by atoms with Gasteiger partial charge in [-0.05, 0) is 60.1 Å². The zero-order valence-electron chi connectivity index (χ0n) is 20.0. The number of carboxylic acids is 1. The van der Waals surface area contributed by atoms with Gasteiger partial charge in [0.25, 0.3) is 0 Å². The van der Waals surface area contributed by atoms with Gasteiger partial charge < -0.3 is 20.3 Å². The number of rotatable bonds is 6. The summed E-state index contributed by atoms with van der Waals surface area (Å²) >= 11 is 18.9. The fourth-order valence-corrected chi connectivity index (χ4v) is 6.97. The second-order valence-corrected chi connectivity index (χ2v) is 11.6. The van der Waals surface area contributed by atoms with Crippen LogP contribution in [0.25, 0.3) is 0 Å². The number of aromatic carboxylic acids is 1. The van der Waals surface area contributed by atoms with Crippen LogP contribution in [0, 0.1) is 16.7 Å². The third-order valence-electron chi connectivity index (χ3n) is 8.45. The summed E-state index contributed by atoms with van der Waals surface area (Å²) in [7, 11) is 0. The van der Waals surface area contributed by atoms with Gasteiger partial charge in [-0.25, -0.2) is 4.79 Å². The zero-order valence-corrected chi connectivity index (χ0v) is 22.2. The van der Waals surface area contributed by atoms with Crippen LogP contribution in [0.3, 0.4) is 0 Å². The molecular weight excluding hydrogens is 513 g/mol. The Morgan fingerprint density at radius 1 is 1.14 bits per heavy atom. The smallest absolute Gasteiger partial charge is 0.339 e. The van der Waals surface area contributed by atoms with Gasteiger partial charge in [0.05, 0.1) is 15.7 Å². The molecule has 0 aliphatic heterocycles. The van der Waals surface area contributed by atoms with Crippen molar-refractivity contribution in [2.75, 3.05) is 5.32 Å². The van der Waals surface area contributed by atoms with E-state index < -0.39 is 11.9 Å². The van der Waals surface area contributed by atoms with Crippen molar-refractivity contribution in [1.29, 1.82) is 0 Å². The number of nitrogens with one attached hydrogen (secondary N) is 1. The Bertz CT molecular complexity index is 1230. The first kappa shape index (κ1) is 25.9. The molecule has 6 nitrogen and oxygen atoms in total. The van der Waals surface area contributed by atoms with Crippen LogP contribution in [0.5, 0.6) is 11.5 Å². The number of halogens is 3. The monoisotopic (exact) mass is 539 g/mol. The Balaban J connectivity index is 1.90. The Morgan fingerprint density at radius 2 is 1.83 bits per heavy atom. The predicted molar refractivity (Wildman–Crippen MR) is 137 cm³/mol. The largest absolute Gasteiger partial charge is 0.506 e. The summed E-state index contributed by atoms with van der Waals surface area (Å²) in [4.78, 5) is 24.3. The summed E-state index contributed by atoms with van der Waals surface area (Å²) in [5, 5.41) is 24.3. The number of phenols is 1. The molecule has 3 atom stereocenters. The minimum atomic E-state index is -1.23. The highest BCUT2D eigenvalue weighted by molar-refractivity contribution is 6.35. The summed E-state index contributed by atoms with van der Waals surface area (Å²) in [5.41, 5.74) is 1.18. The number of esters is 1. The first-order chi connectivity index (χ1) is 16.3. The van der Waals surface area contributed by atoms with Crippen LogP contribution < -0.4 is 10.1 Å². The Morgan fingerprint density at radius 3 is 2.37 bits per heavy atom. The van der Waals surface area contributed by atoms with Gasteiger partial charge in [-0.3, -0.25) is 4.79 Å². The van der Waals surface area contributed by atoms with Crippen LogP contribution in [0.1, 0.15) is 74.4 Å². The molecule has 2 aliphatic rings. The topological polar surface area (TPSA) is 95.9 Å². The van der Waals surface area contributed by atoms with Gasteiger partial charge in [0.1, 0.15) is 11.3 Å². The van der Waals surface area contributed by atoms with Crippen molar-refractivity contribution in [1.82, 2.24) is 0 Å². The number of anilines is 1. The third kappa shape index (κ3) is 4.24. The molecule has 35 heavy (non-hydrogen) atoms. The molecule has 188 valence electrons. The average molecular weight is 541 g/mol. The van der Waals surface area contributed by atoms with E-state index in [1.807, 2.05) is 0 Å². The predicted octanol–water partition coefficient (Wildman–Crippen LogP) is 7.52. The number of carboxylic acid groups (broad SMARTS) is 1. The van der Waals surface area contributed by atoms with E-state index in [9.17, 15) is 19.8 Å². The average Bonchev–Trinajstić information content (AvgIpc) is 3.09. The van der Waals surface area contributed by atoms with E-state index in [1.165, 1.54) is 19.1 Å². The van der Waals surface area contributed by atoms with E-state index in [0.717, 1.165) is 19.3 Å². The number of fused-ring (bicyclic) bond motifs is 2. The molecule has 3 unspecified atom stereocenters. The molecule has 2 saturated carbocycles. The maximum Gasteiger partial charge on any atom is 0.339 e. The Labute approximate surface area is 219 Å². The minimum absolute atomic E-state index is 0.00683. The summed E-state index contributed by atoms with van der Waals surface area (Å²) in [6.07, 6.45) is 2.88. The van der Waals surface area contributed by atoms with Gasteiger partial charge in [0, 0.05) is 29.6 Å². The van der Waals surface area contributed by atoms with Gasteiger partial charge in [0.15, 0.2) is 5.75 Å². The molecule has 2 aromatic carbocycles. The maximum absolute atomic E-state index is 12.2. The lowest BCUT2D eigenvalue weighted by Gasteiger charge is -2.40. The molecule has 0 radical (unpaired) electrons. The molecule has 0 spiro atoms. The van der Waals surface area contributed by atoms with Crippen molar-refractivity contribution in [3.05, 3.63) is 50.0 Å². The number of hydrogen-bond donors (Lipinski definition) is 3. The van der Waals surface area contributed by atoms with Gasteiger partial charge in [-0.15, -0.1) is 0 Å². The molecule has 0 saturated heterocycles. The van der Waals surface area contributed by atoms with Crippen molar-refractivity contribution in [2.24, 2.45) is 16.7 Å². The SMILES string of the molecule is CC(=O)Oc1c(C(=O)O)cc(Cl)c(NCc2cc(Cl)cc(Cl)c2O)c1C1CC2CCC1(C)C2(C)C. The van der Waals surface area contributed by atoms with Gasteiger partial charge in [-0.1, -0.05) is 55.6 Å². The van der Waals surface area contributed by atoms with Crippen LogP contribution in [-0.4, -0.2) is 22.2 Å². The van der Waals surface area contributed by atoms with Crippen LogP contribution in [0.15, 0.2) is 18.2 Å². The highest BCUT2D eigenvalue weighted by Crippen LogP contribution is 2.72. The van der Waals surface area contributed by atoms with Crippen LogP contribution >= 0.6 is 34.8 Å². The van der Waals surface area contributed by atoms with Crippen LogP contribution in [0.2, 0.25) is 15.1 Å². The summed E-state index contributed by atoms with van der Waals surface area (Å²) in [6, 6.07) is 4.32. The quantitative estimate of drug-likeness (QED) is 0.259. The Kier molecular flexibility index (Phi) is 6.71. The highest BCUT2D eigenvalue weighted by Gasteiger charge is 2.62. The minimum Gasteiger partial charge on any atom is -0.506 e. The molecular formula is C26H28Cl3NO5. The van der Waals surface area contributed by atoms with Gasteiger partial charge >= 0.3 is 11.9 Å². The van der Waals surface area contributed by atoms with Crippen molar-refractivity contribution in [3.63, 3.8) is 0 Å². The maximum atomic E-state index is 12.2. The molecule has 2 fully saturated rings. The van der Waals surface area contributed by atoms with Crippen molar-refractivity contribution in [2.45, 2.75) is 59.4 Å². The Hall–Kier alpha value is -2.15. The molecule has 2 aromatic rings. The highest BCUT2D eigenvalue weighted by atomic mass is 35.5. The number of benzene rings is 2. The molecule has 0 amide bonds. The number of phenolic OH excluding ortho intramolecular Hbond substituents is 1. The van der Waals surface area contributed by atoms with E-state index in [1.54, 1.807) is 6.07 Å². The molecule has 3 N–H and O–H groups in total. The zero-order chi connectivity index (χ0) is 25.9. The molecule has 4 rings (SSSR count). The standard InChI is InChI=1S/C26H28Cl3NO5/c1-12(31)35-23-16(24(33)34)10-18(28)21(30-11-13-7-15(27)9-19(29)22(13)32)20(23)17-8-14-5-6-26(17,4)25(14,2)3/h7,9-10,14,17,30,32H,5-6,8,11H2,1-4H3,(H,33,34). The van der Waals surface area contributed by atoms with E-state index in [2.05, 4.69) is 26.1 Å². The lowest BCUT2D eigenvalue weighted by Crippen LogP contribution is -2.32. The fourth-order valence-electron chi connectivity index (χ4n) is 6.15. The summed E-state index contributed by atoms with van der Waals surface area (Å²) in [6.45, 7) is 8.07. The number of hydrogen-bond acceptors (Lipinski definition) is 5. The molecule has 0 heterocycles. The van der Waals surface area contributed by atoms with E-state index in [4.69, 9.17) is 39.5 Å². The number of carbonyl (C=O) groups is 2. The van der Waals surface area contributed by atoms with Crippen LogP contribution in [0.4, 0.5) is 5.69 Å². The number of carbonyl (C=O) groups excluding carboxylic acids is 1. The number of ether oxygens (including phenoxy) is 1. The molecule has 2 aliphatic carbocycles. The first-order valence-corrected chi connectivity index (χ1v) is 12.6. The van der Waals surface area contributed by atoms with Crippen LogP contribution in [-0.2, 0) is 11.3 Å². The molecule has 9 heteroatoms. The van der Waals surface area contributed by atoms with E-state index in [0.29, 0.717) is 27.8 Å². The molecule has 2 bridgehead atoms. The lowest BCUT2D eigenvalue weighted by atomic mass is 9.64. The second-order valence-electron chi connectivity index (χ2n) is 10.3.